The summed E-state index contributed by atoms with van der Waals surface area (Å²) in [6, 6.07) is -3.77. The largest absolute Gasteiger partial charge is 0.480 e. The zero-order valence-electron chi connectivity index (χ0n) is 21.9. The van der Waals surface area contributed by atoms with Crippen LogP contribution in [0.5, 0.6) is 0 Å². The van der Waals surface area contributed by atoms with Crippen molar-refractivity contribution in [3.05, 3.63) is 0 Å². The van der Waals surface area contributed by atoms with Crippen molar-refractivity contribution in [2.75, 3.05) is 45.8 Å². The van der Waals surface area contributed by atoms with Gasteiger partial charge in [0.1, 0.15) is 0 Å². The summed E-state index contributed by atoms with van der Waals surface area (Å²) in [6.45, 7) is -2.85. The number of primary amides is 4. The summed E-state index contributed by atoms with van der Waals surface area (Å²) in [7, 11) is 0. The standard InChI is InChI=1S/C22H38N8O10/c23-16(31)1-12-6-28(9-20(35)36)14(3-18(25)33)8-30(11-22(39)40)15(4-19(26)34)7-29(10-21(37)38)13(5-27-12)2-17(24)32/h12-15,27H,1-11H2,(H2,23,31)(H2,24,32)(H2,25,33)(H2,26,34)(H,35,36)(H,37,38)(H,39,40)/t12-,13-,14-,15-/m0/s1. The molecule has 18 heteroatoms. The van der Waals surface area contributed by atoms with Gasteiger partial charge in [0.2, 0.25) is 23.6 Å². The molecule has 12 N–H and O–H groups in total. The molecule has 0 radical (unpaired) electrons. The summed E-state index contributed by atoms with van der Waals surface area (Å²) < 4.78 is 0. The summed E-state index contributed by atoms with van der Waals surface area (Å²) in [5.74, 6) is -7.15. The van der Waals surface area contributed by atoms with E-state index in [2.05, 4.69) is 5.32 Å². The summed E-state index contributed by atoms with van der Waals surface area (Å²) in [4.78, 5) is 86.9. The van der Waals surface area contributed by atoms with Gasteiger partial charge in [-0.05, 0) is 0 Å². The second-order valence-electron chi connectivity index (χ2n) is 9.72. The van der Waals surface area contributed by atoms with Gasteiger partial charge in [-0.1, -0.05) is 0 Å². The van der Waals surface area contributed by atoms with Gasteiger partial charge in [0, 0.05) is 76.0 Å². The third-order valence-electron chi connectivity index (χ3n) is 6.31. The number of hydrogen-bond acceptors (Lipinski definition) is 11. The van der Waals surface area contributed by atoms with E-state index >= 15 is 0 Å². The quantitative estimate of drug-likeness (QED) is 0.0961. The lowest BCUT2D eigenvalue weighted by molar-refractivity contribution is -0.143. The second-order valence-corrected chi connectivity index (χ2v) is 9.72. The van der Waals surface area contributed by atoms with Crippen LogP contribution in [-0.4, -0.2) is 142 Å². The van der Waals surface area contributed by atoms with E-state index in [-0.39, 0.29) is 39.0 Å². The summed E-state index contributed by atoms with van der Waals surface area (Å²) in [5, 5.41) is 31.8. The zero-order valence-corrected chi connectivity index (χ0v) is 21.9. The molecule has 1 aliphatic heterocycles. The highest BCUT2D eigenvalue weighted by atomic mass is 16.4. The van der Waals surface area contributed by atoms with E-state index in [0.717, 1.165) is 0 Å². The Kier molecular flexibility index (Phi) is 13.9. The maximum atomic E-state index is 12.0. The Balaban J connectivity index is 3.77. The van der Waals surface area contributed by atoms with Crippen LogP contribution < -0.4 is 28.3 Å². The fraction of sp³-hybridized carbons (Fsp3) is 0.682. The number of carbonyl (C=O) groups excluding carboxylic acids is 4. The molecule has 0 aliphatic carbocycles. The van der Waals surface area contributed by atoms with Crippen molar-refractivity contribution in [3.8, 4) is 0 Å². The first-order chi connectivity index (χ1) is 18.6. The highest BCUT2D eigenvalue weighted by Gasteiger charge is 2.35. The van der Waals surface area contributed by atoms with Gasteiger partial charge in [0.15, 0.2) is 0 Å². The van der Waals surface area contributed by atoms with Gasteiger partial charge in [0.05, 0.1) is 19.6 Å². The van der Waals surface area contributed by atoms with E-state index in [1.807, 2.05) is 0 Å². The van der Waals surface area contributed by atoms with E-state index < -0.39 is 98.2 Å². The maximum Gasteiger partial charge on any atom is 0.317 e. The molecule has 1 aliphatic rings. The highest BCUT2D eigenvalue weighted by Crippen LogP contribution is 2.18. The van der Waals surface area contributed by atoms with E-state index in [1.165, 1.54) is 14.7 Å². The van der Waals surface area contributed by atoms with Crippen LogP contribution in [0.25, 0.3) is 0 Å². The molecular weight excluding hydrogens is 536 g/mol. The molecule has 0 aromatic heterocycles. The smallest absolute Gasteiger partial charge is 0.317 e. The molecule has 0 unspecified atom stereocenters. The minimum atomic E-state index is -1.34. The number of nitrogens with zero attached hydrogens (tertiary/aromatic N) is 3. The first kappa shape index (κ1) is 34.2. The molecule has 1 fully saturated rings. The molecular formula is C22H38N8O10. The number of hydrogen-bond donors (Lipinski definition) is 8. The molecule has 0 spiro atoms. The molecule has 0 aromatic carbocycles. The van der Waals surface area contributed by atoms with Crippen LogP contribution in [0.1, 0.15) is 25.7 Å². The topological polar surface area (TPSA) is 306 Å². The molecule has 0 bridgehead atoms. The lowest BCUT2D eigenvalue weighted by atomic mass is 10.0. The van der Waals surface area contributed by atoms with Gasteiger partial charge in [-0.25, -0.2) is 0 Å². The molecule has 4 atom stereocenters. The van der Waals surface area contributed by atoms with Crippen molar-refractivity contribution >= 4 is 41.5 Å². The fourth-order valence-electron chi connectivity index (χ4n) is 4.77. The first-order valence-electron chi connectivity index (χ1n) is 12.3. The SMILES string of the molecule is NC(=O)C[C@H]1CN(CC(=O)O)[C@@H](CC(N)=O)CN(CC(=O)O)[C@@H](CC(N)=O)CN(CC(=O)O)[C@@H](CC(N)=O)CN1. The third kappa shape index (κ3) is 13.3. The average Bonchev–Trinajstić information content (AvgIpc) is 2.76. The Labute approximate surface area is 229 Å². The van der Waals surface area contributed by atoms with Crippen molar-refractivity contribution in [3.63, 3.8) is 0 Å². The maximum absolute atomic E-state index is 12.0. The molecule has 226 valence electrons. The predicted molar refractivity (Wildman–Crippen MR) is 136 cm³/mol. The lowest BCUT2D eigenvalue weighted by Gasteiger charge is -2.42. The zero-order chi connectivity index (χ0) is 30.6. The minimum Gasteiger partial charge on any atom is -0.480 e. The Bertz CT molecular complexity index is 950. The number of amides is 4. The van der Waals surface area contributed by atoms with Gasteiger partial charge in [-0.3, -0.25) is 48.3 Å². The summed E-state index contributed by atoms with van der Waals surface area (Å²) in [5.41, 5.74) is 21.6. The van der Waals surface area contributed by atoms with Crippen molar-refractivity contribution in [2.45, 2.75) is 49.9 Å². The molecule has 1 rings (SSSR count). The molecule has 0 aromatic rings. The van der Waals surface area contributed by atoms with Gasteiger partial charge in [-0.15, -0.1) is 0 Å². The van der Waals surface area contributed by atoms with Crippen LogP contribution in [0.2, 0.25) is 0 Å². The number of nitrogens with two attached hydrogens (primary N) is 4. The number of carbonyl (C=O) groups is 7. The van der Waals surface area contributed by atoms with Crippen LogP contribution in [0.4, 0.5) is 0 Å². The predicted octanol–water partition coefficient (Wildman–Crippen LogP) is -5.27. The Morgan fingerprint density at radius 3 is 1.23 bits per heavy atom. The van der Waals surface area contributed by atoms with E-state index in [9.17, 15) is 48.9 Å². The fourth-order valence-corrected chi connectivity index (χ4v) is 4.77. The van der Waals surface area contributed by atoms with Gasteiger partial charge in [-0.2, -0.15) is 0 Å². The highest BCUT2D eigenvalue weighted by molar-refractivity contribution is 5.77. The van der Waals surface area contributed by atoms with Crippen molar-refractivity contribution in [2.24, 2.45) is 22.9 Å². The van der Waals surface area contributed by atoms with Crippen molar-refractivity contribution < 1.29 is 48.9 Å². The molecule has 18 nitrogen and oxygen atoms in total. The van der Waals surface area contributed by atoms with E-state index in [0.29, 0.717) is 0 Å². The van der Waals surface area contributed by atoms with Crippen LogP contribution >= 0.6 is 0 Å². The normalized spacial score (nSPS) is 23.8. The Morgan fingerprint density at radius 2 is 0.875 bits per heavy atom. The van der Waals surface area contributed by atoms with Gasteiger partial charge < -0.3 is 43.6 Å². The van der Waals surface area contributed by atoms with Crippen LogP contribution in [-0.2, 0) is 33.6 Å². The van der Waals surface area contributed by atoms with Crippen molar-refractivity contribution in [1.82, 2.24) is 20.0 Å². The second kappa shape index (κ2) is 16.3. The summed E-state index contributed by atoms with van der Waals surface area (Å²) in [6.07, 6.45) is -1.51. The van der Waals surface area contributed by atoms with Gasteiger partial charge in [0.25, 0.3) is 0 Å². The number of nitrogens with one attached hydrogen (secondary N) is 1. The van der Waals surface area contributed by atoms with Crippen LogP contribution in [0.15, 0.2) is 0 Å². The van der Waals surface area contributed by atoms with E-state index in [4.69, 9.17) is 22.9 Å². The molecule has 0 saturated carbocycles. The summed E-state index contributed by atoms with van der Waals surface area (Å²) >= 11 is 0. The number of carboxylic acids is 3. The number of carboxylic acid groups (broad SMARTS) is 3. The van der Waals surface area contributed by atoms with Crippen LogP contribution in [0.3, 0.4) is 0 Å². The molecule has 40 heavy (non-hydrogen) atoms. The van der Waals surface area contributed by atoms with E-state index in [1.54, 1.807) is 0 Å². The number of aliphatic carboxylic acids is 3. The Morgan fingerprint density at radius 1 is 0.550 bits per heavy atom. The molecule has 4 amide bonds. The molecule has 1 heterocycles. The van der Waals surface area contributed by atoms with Gasteiger partial charge >= 0.3 is 17.9 Å². The Hall–Kier alpha value is -3.87. The molecule has 1 saturated heterocycles. The van der Waals surface area contributed by atoms with Crippen molar-refractivity contribution in [1.29, 1.82) is 0 Å². The van der Waals surface area contributed by atoms with Crippen LogP contribution in [0, 0.1) is 0 Å². The average molecular weight is 575 g/mol. The lowest BCUT2D eigenvalue weighted by Crippen LogP contribution is -2.60. The first-order valence-corrected chi connectivity index (χ1v) is 12.3. The third-order valence-corrected chi connectivity index (χ3v) is 6.31. The monoisotopic (exact) mass is 574 g/mol. The minimum absolute atomic E-state index is 0.127. The number of rotatable bonds is 14.